The van der Waals surface area contributed by atoms with Gasteiger partial charge in [-0.05, 0) is 61.9 Å². The number of allylic oxidation sites excluding steroid dienone is 1. The summed E-state index contributed by atoms with van der Waals surface area (Å²) in [5.41, 5.74) is -1.94. The average molecular weight is 585 g/mol. The van der Waals surface area contributed by atoms with E-state index < -0.39 is 28.5 Å². The maximum absolute atomic E-state index is 13.6. The van der Waals surface area contributed by atoms with Gasteiger partial charge in [-0.25, -0.2) is 0 Å². The van der Waals surface area contributed by atoms with Crippen molar-refractivity contribution in [2.75, 3.05) is 33.4 Å². The lowest BCUT2D eigenvalue weighted by Crippen LogP contribution is -2.63. The third kappa shape index (κ3) is 4.20. The van der Waals surface area contributed by atoms with E-state index in [0.717, 1.165) is 31.1 Å². The molecule has 1 saturated heterocycles. The molecule has 0 radical (unpaired) electrons. The first-order valence-electron chi connectivity index (χ1n) is 14.4. The van der Waals surface area contributed by atoms with Crippen LogP contribution in [-0.4, -0.2) is 74.1 Å². The molecule has 5 rings (SSSR count). The Morgan fingerprint density at radius 1 is 1.26 bits per heavy atom. The van der Waals surface area contributed by atoms with Crippen molar-refractivity contribution in [2.24, 2.45) is 45.8 Å². The van der Waals surface area contributed by atoms with E-state index >= 15 is 0 Å². The van der Waals surface area contributed by atoms with Crippen molar-refractivity contribution in [2.45, 2.75) is 71.9 Å². The largest absolute Gasteiger partial charge is 0.481 e. The zero-order chi connectivity index (χ0) is 28.3. The molecular weight excluding hydrogens is 541 g/mol. The highest BCUT2D eigenvalue weighted by atomic mass is 35.5. The number of hydrogen-bond acceptors (Lipinski definition) is 6. The van der Waals surface area contributed by atoms with Crippen LogP contribution < -0.4 is 0 Å². The second-order valence-corrected chi connectivity index (χ2v) is 14.1. The van der Waals surface area contributed by atoms with E-state index in [1.165, 1.54) is 0 Å². The molecule has 0 amide bonds. The summed E-state index contributed by atoms with van der Waals surface area (Å²) < 4.78 is 18.9. The molecule has 1 aliphatic heterocycles. The number of ether oxygens (including phenoxy) is 3. The van der Waals surface area contributed by atoms with Crippen LogP contribution in [0.4, 0.5) is 0 Å². The van der Waals surface area contributed by atoms with E-state index in [1.54, 1.807) is 13.2 Å². The van der Waals surface area contributed by atoms with E-state index in [0.29, 0.717) is 37.9 Å². The van der Waals surface area contributed by atoms with Crippen LogP contribution in [0.15, 0.2) is 22.2 Å². The standard InChI is InChI=1S/C30H43Cl2NO6/c1-17(2)23-10-20-11-28(15-34)22-7-6-18(3)21(22)12-29(20,30(23,28)27(35)36)16-38-26-14-33(9-8-25(31)32)13-24(37-5)19(4)39-26/h8,10,15,17-22,24,26H,6-7,9,11-14,16H2,1-5H3,(H,35,36)/t18-,19-,20?,21-,22-,24+,26-,28?,29?,30?/m1/s1. The van der Waals surface area contributed by atoms with Gasteiger partial charge in [-0.1, -0.05) is 62.0 Å². The fourth-order valence-corrected chi connectivity index (χ4v) is 9.78. The third-order valence-corrected chi connectivity index (χ3v) is 11.5. The number of aldehydes is 1. The molecule has 4 unspecified atom stereocenters. The predicted octanol–water partition coefficient (Wildman–Crippen LogP) is 5.31. The van der Waals surface area contributed by atoms with Crippen LogP contribution in [0.3, 0.4) is 0 Å². The molecule has 10 atom stereocenters. The van der Waals surface area contributed by atoms with Crippen LogP contribution in [0.25, 0.3) is 0 Å². The summed E-state index contributed by atoms with van der Waals surface area (Å²) in [6.07, 6.45) is 7.31. The minimum Gasteiger partial charge on any atom is -0.481 e. The zero-order valence-corrected chi connectivity index (χ0v) is 25.2. The van der Waals surface area contributed by atoms with Crippen LogP contribution in [0, 0.1) is 45.8 Å². The Balaban J connectivity index is 1.51. The van der Waals surface area contributed by atoms with Crippen molar-refractivity contribution < 1.29 is 28.9 Å². The second-order valence-electron chi connectivity index (χ2n) is 13.1. The van der Waals surface area contributed by atoms with Crippen molar-refractivity contribution in [3.63, 3.8) is 0 Å². The molecule has 4 bridgehead atoms. The fourth-order valence-electron chi connectivity index (χ4n) is 9.64. The summed E-state index contributed by atoms with van der Waals surface area (Å²) in [4.78, 5) is 29.0. The molecule has 9 heteroatoms. The predicted molar refractivity (Wildman–Crippen MR) is 149 cm³/mol. The van der Waals surface area contributed by atoms with Crippen molar-refractivity contribution in [3.8, 4) is 0 Å². The average Bonchev–Trinajstić information content (AvgIpc) is 3.40. The minimum atomic E-state index is -1.26. The van der Waals surface area contributed by atoms with Gasteiger partial charge in [0.25, 0.3) is 0 Å². The first kappa shape index (κ1) is 29.5. The normalized spacial score (nSPS) is 45.1. The van der Waals surface area contributed by atoms with Crippen molar-refractivity contribution in [1.29, 1.82) is 0 Å². The number of halogens is 2. The maximum Gasteiger partial charge on any atom is 0.315 e. The minimum absolute atomic E-state index is 0.0157. The van der Waals surface area contributed by atoms with Gasteiger partial charge >= 0.3 is 5.97 Å². The van der Waals surface area contributed by atoms with Crippen molar-refractivity contribution in [3.05, 3.63) is 22.2 Å². The van der Waals surface area contributed by atoms with E-state index in [2.05, 4.69) is 31.7 Å². The number of hydrogen-bond donors (Lipinski definition) is 1. The highest BCUT2D eigenvalue weighted by molar-refractivity contribution is 6.55. The lowest BCUT2D eigenvalue weighted by molar-refractivity contribution is -0.219. The summed E-state index contributed by atoms with van der Waals surface area (Å²) in [6.45, 7) is 10.2. The molecule has 0 aromatic heterocycles. The van der Waals surface area contributed by atoms with Crippen LogP contribution in [0.5, 0.6) is 0 Å². The molecule has 7 nitrogen and oxygen atoms in total. The molecular formula is C30H43Cl2NO6. The zero-order valence-electron chi connectivity index (χ0n) is 23.7. The maximum atomic E-state index is 13.6. The number of aliphatic carboxylic acids is 1. The molecule has 4 aliphatic carbocycles. The summed E-state index contributed by atoms with van der Waals surface area (Å²) in [5.74, 6) is 0.0161. The van der Waals surface area contributed by atoms with Crippen LogP contribution in [-0.2, 0) is 23.8 Å². The number of fused-ring (bicyclic) bond motifs is 2. The quantitative estimate of drug-likeness (QED) is 0.291. The number of nitrogens with zero attached hydrogens (tertiary/aromatic N) is 1. The number of carboxylic acid groups (broad SMARTS) is 1. The highest BCUT2D eigenvalue weighted by Gasteiger charge is 2.84. The smallest absolute Gasteiger partial charge is 0.315 e. The lowest BCUT2D eigenvalue weighted by Gasteiger charge is -2.58. The monoisotopic (exact) mass is 583 g/mol. The molecule has 1 heterocycles. The molecule has 218 valence electrons. The summed E-state index contributed by atoms with van der Waals surface area (Å²) in [5, 5.41) is 11.2. The van der Waals surface area contributed by atoms with Crippen molar-refractivity contribution in [1.82, 2.24) is 4.90 Å². The van der Waals surface area contributed by atoms with Gasteiger partial charge in [-0.2, -0.15) is 0 Å². The van der Waals surface area contributed by atoms with Gasteiger partial charge in [-0.3, -0.25) is 9.69 Å². The van der Waals surface area contributed by atoms with Gasteiger partial charge < -0.3 is 24.1 Å². The highest BCUT2D eigenvalue weighted by Crippen LogP contribution is 2.82. The molecule has 3 saturated carbocycles. The van der Waals surface area contributed by atoms with E-state index in [9.17, 15) is 14.7 Å². The van der Waals surface area contributed by atoms with Gasteiger partial charge in [-0.15, -0.1) is 0 Å². The topological polar surface area (TPSA) is 85.3 Å². The van der Waals surface area contributed by atoms with E-state index in [-0.39, 0.29) is 41.1 Å². The first-order chi connectivity index (χ1) is 18.5. The number of carbonyl (C=O) groups excluding carboxylic acids is 1. The summed E-state index contributed by atoms with van der Waals surface area (Å²) >= 11 is 11.8. The van der Waals surface area contributed by atoms with Crippen LogP contribution in [0.1, 0.15) is 53.4 Å². The molecule has 0 aromatic rings. The van der Waals surface area contributed by atoms with E-state index in [4.69, 9.17) is 37.4 Å². The van der Waals surface area contributed by atoms with Crippen LogP contribution in [0.2, 0.25) is 0 Å². The molecule has 1 N–H and O–H groups in total. The Bertz CT molecular complexity index is 1040. The Morgan fingerprint density at radius 3 is 2.62 bits per heavy atom. The van der Waals surface area contributed by atoms with Gasteiger partial charge in [0, 0.05) is 32.2 Å². The number of methoxy groups -OCH3 is 1. The number of rotatable bonds is 9. The Kier molecular flexibility index (Phi) is 8.11. The number of carboxylic acids is 1. The summed E-state index contributed by atoms with van der Waals surface area (Å²) in [6, 6.07) is 0. The molecule has 0 aromatic carbocycles. The molecule has 4 fully saturated rings. The van der Waals surface area contributed by atoms with E-state index in [1.807, 2.05) is 6.92 Å². The second kappa shape index (κ2) is 10.7. The fraction of sp³-hybridized carbons (Fsp3) is 0.800. The van der Waals surface area contributed by atoms with Crippen LogP contribution >= 0.6 is 23.2 Å². The third-order valence-electron chi connectivity index (χ3n) is 11.2. The molecule has 5 aliphatic rings. The number of carbonyl (C=O) groups is 2. The lowest BCUT2D eigenvalue weighted by atomic mass is 9.43. The Labute approximate surface area is 242 Å². The Morgan fingerprint density at radius 2 is 2.00 bits per heavy atom. The molecule has 39 heavy (non-hydrogen) atoms. The first-order valence-corrected chi connectivity index (χ1v) is 15.2. The molecule has 0 spiro atoms. The van der Waals surface area contributed by atoms with Gasteiger partial charge in [0.2, 0.25) is 0 Å². The Hall–Kier alpha value is -0.960. The van der Waals surface area contributed by atoms with Gasteiger partial charge in [0.15, 0.2) is 6.29 Å². The van der Waals surface area contributed by atoms with Crippen molar-refractivity contribution >= 4 is 35.5 Å². The SMILES string of the molecule is CO[C@H]1CN(CC=C(Cl)Cl)C[C@H](OCC23C[C@@H]4[C@H](C)CC[C@H]4C4(C=O)CC2C=C(C(C)C)C34C(=O)O)O[C@@H]1C. The van der Waals surface area contributed by atoms with Gasteiger partial charge in [0.05, 0.1) is 24.2 Å². The summed E-state index contributed by atoms with van der Waals surface area (Å²) in [7, 11) is 1.67. The van der Waals surface area contributed by atoms with Gasteiger partial charge in [0.1, 0.15) is 16.2 Å².